The molecule has 1 aliphatic rings. The first-order chi connectivity index (χ1) is 13.7. The van der Waals surface area contributed by atoms with Crippen molar-refractivity contribution < 1.29 is 4.74 Å². The largest absolute Gasteiger partial charge is 0.370 e. The molecule has 0 saturated carbocycles. The maximum Gasteiger partial charge on any atom is 0.255 e. The van der Waals surface area contributed by atoms with E-state index in [1.54, 1.807) is 30.1 Å². The third kappa shape index (κ3) is 3.38. The molecule has 0 radical (unpaired) electrons. The lowest BCUT2D eigenvalue weighted by molar-refractivity contribution is 0.0388. The molecular weight excluding hydrogens is 354 g/mol. The van der Waals surface area contributed by atoms with E-state index in [0.29, 0.717) is 36.9 Å². The van der Waals surface area contributed by atoms with Crippen molar-refractivity contribution in [2.75, 3.05) is 24.6 Å². The zero-order valence-corrected chi connectivity index (χ0v) is 15.4. The Bertz CT molecular complexity index is 1090. The molecule has 4 rings (SSSR count). The van der Waals surface area contributed by atoms with E-state index < -0.39 is 0 Å². The summed E-state index contributed by atoms with van der Waals surface area (Å²) in [7, 11) is 1.72. The number of ether oxygens (including phenoxy) is 1. The zero-order valence-electron chi connectivity index (χ0n) is 15.4. The van der Waals surface area contributed by atoms with Crippen LogP contribution in [0, 0.1) is 11.3 Å². The van der Waals surface area contributed by atoms with E-state index in [2.05, 4.69) is 11.1 Å². The van der Waals surface area contributed by atoms with E-state index in [0.717, 1.165) is 11.1 Å². The highest BCUT2D eigenvalue weighted by Gasteiger charge is 2.26. The molecule has 28 heavy (non-hydrogen) atoms. The molecule has 1 aromatic carbocycles. The van der Waals surface area contributed by atoms with Crippen molar-refractivity contribution >= 4 is 5.95 Å². The minimum Gasteiger partial charge on any atom is -0.370 e. The van der Waals surface area contributed by atoms with Crippen LogP contribution < -0.4 is 10.5 Å². The number of nitrogens with zero attached hydrogens (tertiary/aromatic N) is 5. The Labute approximate surface area is 162 Å². The molecule has 0 aliphatic carbocycles. The normalized spacial score (nSPS) is 16.6. The second-order valence-electron chi connectivity index (χ2n) is 6.58. The molecule has 3 aromatic rings. The first kappa shape index (κ1) is 17.9. The summed E-state index contributed by atoms with van der Waals surface area (Å²) in [5.74, 6) is 0.585. The Morgan fingerprint density at radius 3 is 2.79 bits per heavy atom. The summed E-state index contributed by atoms with van der Waals surface area (Å²) in [6.07, 6.45) is 3.10. The number of hydrogen-bond acceptors (Lipinski definition) is 6. The van der Waals surface area contributed by atoms with Gasteiger partial charge >= 0.3 is 0 Å². The van der Waals surface area contributed by atoms with Crippen LogP contribution in [0.3, 0.4) is 0 Å². The Balaban J connectivity index is 1.70. The SMILES string of the molecule is Cn1c(N2CCO[C@@H](c3ccccc3C#N)C2)nc(-c2ccncc2)cc1=O. The molecule has 7 nitrogen and oxygen atoms in total. The maximum absolute atomic E-state index is 12.5. The number of rotatable bonds is 3. The van der Waals surface area contributed by atoms with Gasteiger partial charge in [0.1, 0.15) is 6.10 Å². The highest BCUT2D eigenvalue weighted by atomic mass is 16.5. The van der Waals surface area contributed by atoms with E-state index in [1.807, 2.05) is 35.2 Å². The van der Waals surface area contributed by atoms with Gasteiger partial charge in [-0.2, -0.15) is 5.26 Å². The third-order valence-electron chi connectivity index (χ3n) is 4.86. The lowest BCUT2D eigenvalue weighted by Gasteiger charge is -2.34. The Kier molecular flexibility index (Phi) is 4.87. The van der Waals surface area contributed by atoms with Crippen LogP contribution in [0.4, 0.5) is 5.95 Å². The summed E-state index contributed by atoms with van der Waals surface area (Å²) in [6, 6.07) is 14.8. The molecule has 1 atom stereocenters. The van der Waals surface area contributed by atoms with Gasteiger partial charge in [-0.05, 0) is 18.2 Å². The van der Waals surface area contributed by atoms with Gasteiger partial charge in [0.05, 0.1) is 30.5 Å². The van der Waals surface area contributed by atoms with Crippen molar-refractivity contribution in [2.24, 2.45) is 7.05 Å². The molecule has 1 fully saturated rings. The molecule has 7 heteroatoms. The molecule has 0 N–H and O–H groups in total. The van der Waals surface area contributed by atoms with Crippen molar-refractivity contribution in [2.45, 2.75) is 6.10 Å². The average molecular weight is 373 g/mol. The summed E-state index contributed by atoms with van der Waals surface area (Å²) >= 11 is 0. The molecule has 0 amide bonds. The van der Waals surface area contributed by atoms with Crippen molar-refractivity contribution in [1.29, 1.82) is 5.26 Å². The number of aromatic nitrogens is 3. The fraction of sp³-hybridized carbons (Fsp3) is 0.238. The molecule has 1 aliphatic heterocycles. The van der Waals surface area contributed by atoms with E-state index in [9.17, 15) is 10.1 Å². The van der Waals surface area contributed by atoms with Crippen LogP contribution in [0.5, 0.6) is 0 Å². The Hall–Kier alpha value is -3.50. The van der Waals surface area contributed by atoms with Gasteiger partial charge in [0.2, 0.25) is 5.95 Å². The lowest BCUT2D eigenvalue weighted by Crippen LogP contribution is -2.42. The van der Waals surface area contributed by atoms with Crippen molar-refractivity contribution in [3.63, 3.8) is 0 Å². The summed E-state index contributed by atoms with van der Waals surface area (Å²) < 4.78 is 7.47. The van der Waals surface area contributed by atoms with Crippen molar-refractivity contribution in [3.05, 3.63) is 76.3 Å². The standard InChI is InChI=1S/C21H19N5O2/c1-25-20(27)12-18(15-6-8-23-9-7-15)24-21(25)26-10-11-28-19(14-26)17-5-3-2-4-16(17)13-22/h2-9,12,19H,10-11,14H2,1H3/t19-/m1/s1. The Morgan fingerprint density at radius 1 is 1.21 bits per heavy atom. The fourth-order valence-electron chi connectivity index (χ4n) is 3.38. The first-order valence-electron chi connectivity index (χ1n) is 9.01. The minimum absolute atomic E-state index is 0.128. The van der Waals surface area contributed by atoms with Crippen LogP contribution in [-0.4, -0.2) is 34.2 Å². The minimum atomic E-state index is -0.258. The van der Waals surface area contributed by atoms with Gasteiger partial charge < -0.3 is 9.64 Å². The molecular formula is C21H19N5O2. The molecule has 140 valence electrons. The first-order valence-corrected chi connectivity index (χ1v) is 9.01. The van der Waals surface area contributed by atoms with E-state index >= 15 is 0 Å². The fourth-order valence-corrected chi connectivity index (χ4v) is 3.38. The molecule has 2 aromatic heterocycles. The van der Waals surface area contributed by atoms with Gasteiger partial charge in [-0.15, -0.1) is 0 Å². The molecule has 0 bridgehead atoms. The van der Waals surface area contributed by atoms with Gasteiger partial charge in [0, 0.05) is 43.2 Å². The number of nitriles is 1. The van der Waals surface area contributed by atoms with E-state index in [-0.39, 0.29) is 11.7 Å². The lowest BCUT2D eigenvalue weighted by atomic mass is 10.0. The smallest absolute Gasteiger partial charge is 0.255 e. The van der Waals surface area contributed by atoms with Crippen LogP contribution in [0.1, 0.15) is 17.2 Å². The zero-order chi connectivity index (χ0) is 19.5. The van der Waals surface area contributed by atoms with Gasteiger partial charge in [-0.1, -0.05) is 18.2 Å². The predicted molar refractivity (Wildman–Crippen MR) is 105 cm³/mol. The number of hydrogen-bond donors (Lipinski definition) is 0. The number of pyridine rings is 1. The Morgan fingerprint density at radius 2 is 2.00 bits per heavy atom. The van der Waals surface area contributed by atoms with Crippen LogP contribution in [-0.2, 0) is 11.8 Å². The van der Waals surface area contributed by atoms with Crippen LogP contribution in [0.2, 0.25) is 0 Å². The predicted octanol–water partition coefficient (Wildman–Crippen LogP) is 2.29. The van der Waals surface area contributed by atoms with Crippen molar-refractivity contribution in [1.82, 2.24) is 14.5 Å². The van der Waals surface area contributed by atoms with Crippen LogP contribution in [0.15, 0.2) is 59.7 Å². The average Bonchev–Trinajstić information content (AvgIpc) is 2.76. The summed E-state index contributed by atoms with van der Waals surface area (Å²) in [4.78, 5) is 23.3. The summed E-state index contributed by atoms with van der Waals surface area (Å²) in [5.41, 5.74) is 2.78. The second-order valence-corrected chi connectivity index (χ2v) is 6.58. The van der Waals surface area contributed by atoms with E-state index in [1.165, 1.54) is 6.07 Å². The van der Waals surface area contributed by atoms with Gasteiger partial charge in [0.15, 0.2) is 0 Å². The highest BCUT2D eigenvalue weighted by molar-refractivity contribution is 5.59. The van der Waals surface area contributed by atoms with Gasteiger partial charge in [0.25, 0.3) is 5.56 Å². The van der Waals surface area contributed by atoms with Gasteiger partial charge in [-0.25, -0.2) is 4.98 Å². The quantitative estimate of drug-likeness (QED) is 0.700. The summed E-state index contributed by atoms with van der Waals surface area (Å²) in [5, 5.41) is 9.39. The van der Waals surface area contributed by atoms with Crippen LogP contribution >= 0.6 is 0 Å². The summed E-state index contributed by atoms with van der Waals surface area (Å²) in [6.45, 7) is 1.61. The van der Waals surface area contributed by atoms with Crippen molar-refractivity contribution in [3.8, 4) is 17.3 Å². The highest BCUT2D eigenvalue weighted by Crippen LogP contribution is 2.27. The second kappa shape index (κ2) is 7.62. The molecule has 0 unspecified atom stereocenters. The van der Waals surface area contributed by atoms with Gasteiger partial charge in [-0.3, -0.25) is 14.3 Å². The number of anilines is 1. The molecule has 1 saturated heterocycles. The maximum atomic E-state index is 12.5. The van der Waals surface area contributed by atoms with Crippen LogP contribution in [0.25, 0.3) is 11.3 Å². The monoisotopic (exact) mass is 373 g/mol. The van der Waals surface area contributed by atoms with E-state index in [4.69, 9.17) is 9.72 Å². The third-order valence-corrected chi connectivity index (χ3v) is 4.86. The topological polar surface area (TPSA) is 84.0 Å². The number of benzene rings is 1. The molecule has 3 heterocycles. The number of morpholine rings is 1. The molecule has 0 spiro atoms.